The summed E-state index contributed by atoms with van der Waals surface area (Å²) >= 11 is 6.40. The van der Waals surface area contributed by atoms with Gasteiger partial charge < -0.3 is 14.5 Å². The van der Waals surface area contributed by atoms with Crippen molar-refractivity contribution in [2.24, 2.45) is 5.92 Å². The first-order valence-electron chi connectivity index (χ1n) is 14.6. The molecule has 214 valence electrons. The fourth-order valence-corrected chi connectivity index (χ4v) is 8.17. The summed E-state index contributed by atoms with van der Waals surface area (Å²) in [6.07, 6.45) is 5.31. The standard InChI is InChI=1S/C33H30ClFN4O3/c1-3-18-5-4-6-21(29(18)35)28-27-24(15-25-30(27)37-26-13-19(31(40)42-2)11-12-38(25)26)39(16-17-7-8-17)33(28)22-10-9-20(34)14-23(22)36-32(33)41/h4-6,9-14,17,24,27-28H,3,7-8,15-16H2,1-2H3,(H,36,41)/t24-,27+,28-,33+/m0/s1. The zero-order valence-corrected chi connectivity index (χ0v) is 24.1. The number of carbonyl (C=O) groups is 2. The van der Waals surface area contributed by atoms with Crippen molar-refractivity contribution in [3.05, 3.63) is 99.2 Å². The molecule has 0 bridgehead atoms. The van der Waals surface area contributed by atoms with Gasteiger partial charge in [0, 0.05) is 59.0 Å². The highest BCUT2D eigenvalue weighted by Gasteiger charge is 2.69. The quantitative estimate of drug-likeness (QED) is 0.298. The van der Waals surface area contributed by atoms with Crippen LogP contribution in [0.3, 0.4) is 0 Å². The predicted molar refractivity (Wildman–Crippen MR) is 156 cm³/mol. The number of esters is 1. The van der Waals surface area contributed by atoms with Gasteiger partial charge in [-0.25, -0.2) is 14.2 Å². The maximum Gasteiger partial charge on any atom is 0.338 e. The summed E-state index contributed by atoms with van der Waals surface area (Å²) in [6, 6.07) is 14.6. The van der Waals surface area contributed by atoms with Crippen molar-refractivity contribution in [1.82, 2.24) is 14.3 Å². The normalized spacial score (nSPS) is 26.0. The first kappa shape index (κ1) is 25.9. The van der Waals surface area contributed by atoms with Crippen LogP contribution in [-0.4, -0.2) is 45.9 Å². The van der Waals surface area contributed by atoms with Crippen LogP contribution in [0.15, 0.2) is 54.7 Å². The van der Waals surface area contributed by atoms with Crippen LogP contribution in [0.1, 0.15) is 70.0 Å². The third kappa shape index (κ3) is 3.39. The lowest BCUT2D eigenvalue weighted by Crippen LogP contribution is -2.53. The Morgan fingerprint density at radius 1 is 1.21 bits per heavy atom. The molecule has 4 atom stereocenters. The second kappa shape index (κ2) is 9.12. The van der Waals surface area contributed by atoms with E-state index in [1.165, 1.54) is 7.11 Å². The SMILES string of the molecule is CCc1cccc([C@H]2[C@@H]3c4nc5cc(C(=O)OC)ccn5c4C[C@@H]3N(CC3CC3)[C@@]23C(=O)Nc2cc(Cl)ccc23)c1F. The van der Waals surface area contributed by atoms with Gasteiger partial charge in [0.1, 0.15) is 17.0 Å². The molecule has 8 rings (SSSR count). The van der Waals surface area contributed by atoms with Gasteiger partial charge in [0.2, 0.25) is 5.91 Å². The molecule has 4 aliphatic rings. The minimum Gasteiger partial charge on any atom is -0.465 e. The number of amides is 1. The number of fused-ring (bicyclic) bond motifs is 7. The molecule has 0 unspecified atom stereocenters. The van der Waals surface area contributed by atoms with E-state index in [-0.39, 0.29) is 23.7 Å². The van der Waals surface area contributed by atoms with Crippen LogP contribution >= 0.6 is 11.6 Å². The second-order valence-electron chi connectivity index (χ2n) is 12.0. The first-order valence-corrected chi connectivity index (χ1v) is 15.0. The summed E-state index contributed by atoms with van der Waals surface area (Å²) in [4.78, 5) is 34.3. The van der Waals surface area contributed by atoms with E-state index in [4.69, 9.17) is 21.3 Å². The highest BCUT2D eigenvalue weighted by molar-refractivity contribution is 6.31. The molecule has 7 nitrogen and oxygen atoms in total. The Morgan fingerprint density at radius 3 is 2.81 bits per heavy atom. The lowest BCUT2D eigenvalue weighted by atomic mass is 9.70. The van der Waals surface area contributed by atoms with E-state index < -0.39 is 17.4 Å². The number of hydrogen-bond donors (Lipinski definition) is 1. The number of nitrogens with zero attached hydrogens (tertiary/aromatic N) is 3. The lowest BCUT2D eigenvalue weighted by molar-refractivity contribution is -0.128. The molecule has 2 aliphatic carbocycles. The Kier molecular flexibility index (Phi) is 5.63. The number of benzene rings is 2. The third-order valence-corrected chi connectivity index (χ3v) is 10.2. The molecule has 4 heterocycles. The van der Waals surface area contributed by atoms with E-state index in [1.807, 2.05) is 47.9 Å². The number of halogens is 2. The number of aryl methyl sites for hydroxylation is 1. The van der Waals surface area contributed by atoms with Crippen molar-refractivity contribution in [1.29, 1.82) is 0 Å². The molecular formula is C33H30ClFN4O3. The number of anilines is 1. The van der Waals surface area contributed by atoms with Crippen LogP contribution in [-0.2, 0) is 27.9 Å². The third-order valence-electron chi connectivity index (χ3n) is 9.94. The van der Waals surface area contributed by atoms with Crippen molar-refractivity contribution in [2.75, 3.05) is 19.0 Å². The van der Waals surface area contributed by atoms with Crippen LogP contribution in [0.2, 0.25) is 5.02 Å². The lowest BCUT2D eigenvalue weighted by Gasteiger charge is -2.40. The number of ether oxygens (including phenoxy) is 1. The van der Waals surface area contributed by atoms with Crippen molar-refractivity contribution < 1.29 is 18.7 Å². The topological polar surface area (TPSA) is 75.9 Å². The maximum atomic E-state index is 16.5. The molecule has 1 amide bonds. The van der Waals surface area contributed by atoms with Gasteiger partial charge in [-0.15, -0.1) is 0 Å². The summed E-state index contributed by atoms with van der Waals surface area (Å²) in [5, 5.41) is 3.68. The van der Waals surface area contributed by atoms with Gasteiger partial charge in [-0.2, -0.15) is 0 Å². The van der Waals surface area contributed by atoms with Gasteiger partial charge >= 0.3 is 5.97 Å². The Balaban J connectivity index is 1.40. The van der Waals surface area contributed by atoms with Gasteiger partial charge in [-0.3, -0.25) is 9.69 Å². The molecule has 2 aliphatic heterocycles. The fraction of sp³-hybridized carbons (Fsp3) is 0.364. The average Bonchev–Trinajstić information content (AvgIpc) is 3.44. The molecule has 1 saturated heterocycles. The molecule has 9 heteroatoms. The van der Waals surface area contributed by atoms with E-state index in [1.54, 1.807) is 18.2 Å². The number of hydrogen-bond acceptors (Lipinski definition) is 5. The van der Waals surface area contributed by atoms with E-state index in [0.29, 0.717) is 51.8 Å². The second-order valence-corrected chi connectivity index (χ2v) is 12.5. The maximum absolute atomic E-state index is 16.5. The number of likely N-dealkylation sites (tertiary alicyclic amines) is 1. The minimum absolute atomic E-state index is 0.0534. The number of carbonyl (C=O) groups excluding carboxylic acids is 2. The monoisotopic (exact) mass is 584 g/mol. The number of methoxy groups -OCH3 is 1. The molecule has 2 aromatic carbocycles. The number of pyridine rings is 1. The average molecular weight is 585 g/mol. The number of imidazole rings is 1. The highest BCUT2D eigenvalue weighted by Crippen LogP contribution is 2.65. The van der Waals surface area contributed by atoms with E-state index in [0.717, 1.165) is 36.3 Å². The van der Waals surface area contributed by atoms with Gasteiger partial charge in [0.05, 0.1) is 18.4 Å². The number of aromatic nitrogens is 2. The van der Waals surface area contributed by atoms with E-state index >= 15 is 4.39 Å². The van der Waals surface area contributed by atoms with Crippen LogP contribution < -0.4 is 5.32 Å². The van der Waals surface area contributed by atoms with Crippen molar-refractivity contribution in [3.8, 4) is 0 Å². The van der Waals surface area contributed by atoms with Gasteiger partial charge in [-0.1, -0.05) is 42.8 Å². The van der Waals surface area contributed by atoms with Crippen LogP contribution in [0.5, 0.6) is 0 Å². The molecule has 2 fully saturated rings. The Bertz CT molecular complexity index is 1820. The number of nitrogens with one attached hydrogen (secondary N) is 1. The Hall–Kier alpha value is -3.75. The molecule has 1 N–H and O–H groups in total. The van der Waals surface area contributed by atoms with Crippen molar-refractivity contribution in [2.45, 2.75) is 56.0 Å². The fourth-order valence-electron chi connectivity index (χ4n) is 8.00. The molecule has 2 aromatic heterocycles. The Labute approximate surface area is 247 Å². The molecule has 42 heavy (non-hydrogen) atoms. The van der Waals surface area contributed by atoms with Crippen molar-refractivity contribution in [3.63, 3.8) is 0 Å². The minimum atomic E-state index is -1.12. The zero-order chi connectivity index (χ0) is 28.9. The molecule has 1 spiro atoms. The summed E-state index contributed by atoms with van der Waals surface area (Å²) in [5.74, 6) is -1.10. The summed E-state index contributed by atoms with van der Waals surface area (Å²) < 4.78 is 23.5. The molecule has 4 aromatic rings. The number of rotatable bonds is 5. The Morgan fingerprint density at radius 2 is 2.05 bits per heavy atom. The van der Waals surface area contributed by atoms with Gasteiger partial charge in [-0.05, 0) is 60.6 Å². The highest BCUT2D eigenvalue weighted by atomic mass is 35.5. The molecule has 1 saturated carbocycles. The smallest absolute Gasteiger partial charge is 0.338 e. The largest absolute Gasteiger partial charge is 0.465 e. The van der Waals surface area contributed by atoms with E-state index in [2.05, 4.69) is 10.2 Å². The van der Waals surface area contributed by atoms with Crippen LogP contribution in [0, 0.1) is 11.7 Å². The van der Waals surface area contributed by atoms with Gasteiger partial charge in [0.15, 0.2) is 0 Å². The van der Waals surface area contributed by atoms with Crippen molar-refractivity contribution >= 4 is 34.8 Å². The van der Waals surface area contributed by atoms with E-state index in [9.17, 15) is 9.59 Å². The summed E-state index contributed by atoms with van der Waals surface area (Å²) in [6.45, 7) is 2.70. The predicted octanol–water partition coefficient (Wildman–Crippen LogP) is 5.84. The molecule has 0 radical (unpaired) electrons. The van der Waals surface area contributed by atoms with Crippen LogP contribution in [0.4, 0.5) is 10.1 Å². The zero-order valence-electron chi connectivity index (χ0n) is 23.4. The van der Waals surface area contributed by atoms with Gasteiger partial charge in [0.25, 0.3) is 0 Å². The first-order chi connectivity index (χ1) is 20.4. The van der Waals surface area contributed by atoms with Crippen LogP contribution in [0.25, 0.3) is 5.65 Å². The summed E-state index contributed by atoms with van der Waals surface area (Å²) in [7, 11) is 1.36. The summed E-state index contributed by atoms with van der Waals surface area (Å²) in [5.41, 5.74) is 4.55. The molecular weight excluding hydrogens is 555 g/mol.